The molecule has 37 heavy (non-hydrogen) atoms. The van der Waals surface area contributed by atoms with Crippen molar-refractivity contribution in [1.29, 1.82) is 0 Å². The fourth-order valence-corrected chi connectivity index (χ4v) is 5.28. The van der Waals surface area contributed by atoms with E-state index in [2.05, 4.69) is 10.1 Å². The largest absolute Gasteiger partial charge is 0.408 e. The summed E-state index contributed by atoms with van der Waals surface area (Å²) in [4.78, 5) is 45.6. The van der Waals surface area contributed by atoms with E-state index in [1.165, 1.54) is 29.0 Å². The molecule has 2 aromatic rings. The quantitative estimate of drug-likeness (QED) is 0.563. The number of likely N-dealkylation sites (N-methyl/N-ethyl adjacent to an activating group) is 1. The molecule has 200 valence electrons. The molecular formula is C24H30F3N7O3. The summed E-state index contributed by atoms with van der Waals surface area (Å²) in [5.41, 5.74) is 6.35. The maximum atomic E-state index is 13.9. The topological polar surface area (TPSA) is 126 Å². The van der Waals surface area contributed by atoms with E-state index in [1.54, 1.807) is 25.2 Å². The molecule has 4 amide bonds. The number of rotatable bonds is 6. The number of nitrogen functional groups attached to an aromatic ring is 1. The Morgan fingerprint density at radius 1 is 1.22 bits per heavy atom. The van der Waals surface area contributed by atoms with Crippen LogP contribution >= 0.6 is 0 Å². The van der Waals surface area contributed by atoms with Crippen LogP contribution < -0.4 is 16.0 Å². The summed E-state index contributed by atoms with van der Waals surface area (Å²) in [5.74, 6) is -2.48. The normalized spacial score (nSPS) is 21.3. The lowest BCUT2D eigenvalue weighted by atomic mass is 9.81. The molecule has 3 N–H and O–H groups in total. The second-order valence-electron chi connectivity index (χ2n) is 9.63. The Balaban J connectivity index is 1.60. The number of aromatic nitrogens is 3. The van der Waals surface area contributed by atoms with Gasteiger partial charge in [-0.05, 0) is 42.9 Å². The van der Waals surface area contributed by atoms with Crippen LogP contribution in [0.1, 0.15) is 37.7 Å². The number of nitrogens with two attached hydrogens (primary N) is 1. The zero-order valence-electron chi connectivity index (χ0n) is 20.6. The van der Waals surface area contributed by atoms with Crippen molar-refractivity contribution < 1.29 is 27.6 Å². The van der Waals surface area contributed by atoms with Crippen LogP contribution in [-0.4, -0.2) is 62.8 Å². The average molecular weight is 522 g/mol. The number of alkyl halides is 3. The molecule has 1 saturated heterocycles. The van der Waals surface area contributed by atoms with E-state index in [9.17, 15) is 27.6 Å². The van der Waals surface area contributed by atoms with Gasteiger partial charge in [-0.15, -0.1) is 0 Å². The number of hydrogen-bond acceptors (Lipinski definition) is 6. The van der Waals surface area contributed by atoms with Crippen molar-refractivity contribution in [1.82, 2.24) is 25.0 Å². The Hall–Kier alpha value is -3.64. The molecule has 0 radical (unpaired) electrons. The molecule has 4 rings (SSSR count). The van der Waals surface area contributed by atoms with Crippen molar-refractivity contribution in [2.45, 2.75) is 56.8 Å². The van der Waals surface area contributed by atoms with E-state index in [0.29, 0.717) is 42.0 Å². The van der Waals surface area contributed by atoms with Crippen LogP contribution in [0.3, 0.4) is 0 Å². The molecule has 0 bridgehead atoms. The minimum atomic E-state index is -4.69. The highest BCUT2D eigenvalue weighted by molar-refractivity contribution is 6.12. The third kappa shape index (κ3) is 5.39. The molecule has 2 aromatic heterocycles. The van der Waals surface area contributed by atoms with Gasteiger partial charge in [-0.1, -0.05) is 19.3 Å². The zero-order chi connectivity index (χ0) is 26.9. The Labute approximate surface area is 212 Å². The van der Waals surface area contributed by atoms with E-state index < -0.39 is 47.9 Å². The third-order valence-corrected chi connectivity index (χ3v) is 7.21. The Bertz CT molecular complexity index is 1160. The lowest BCUT2D eigenvalue weighted by molar-refractivity contribution is -0.170. The maximum absolute atomic E-state index is 13.9. The van der Waals surface area contributed by atoms with Crippen LogP contribution in [0.2, 0.25) is 0 Å². The molecule has 2 fully saturated rings. The number of halogens is 3. The van der Waals surface area contributed by atoms with Gasteiger partial charge in [0.2, 0.25) is 5.91 Å². The van der Waals surface area contributed by atoms with Gasteiger partial charge in [-0.2, -0.15) is 18.3 Å². The van der Waals surface area contributed by atoms with Crippen molar-refractivity contribution >= 4 is 29.5 Å². The monoisotopic (exact) mass is 521 g/mol. The number of carbonyl (C=O) groups is 3. The number of imide groups is 1. The van der Waals surface area contributed by atoms with Crippen LogP contribution in [0.15, 0.2) is 30.6 Å². The number of anilines is 2. The van der Waals surface area contributed by atoms with Gasteiger partial charge < -0.3 is 11.1 Å². The number of β-lactam (4-membered cyclic amide) rings is 1. The molecule has 3 atom stereocenters. The number of likely N-dealkylation sites (tertiary alicyclic amines) is 1. The molecule has 1 saturated carbocycles. The van der Waals surface area contributed by atoms with Crippen LogP contribution in [0.25, 0.3) is 0 Å². The SMILES string of the molecule is CN(C(=O)[C@@H]1[C@@H](Cc2ccnc(N)c2)C(=O)N1C(=O)N[C@@H](C1CCCCC1)C(F)(F)F)c1ccnn1C. The van der Waals surface area contributed by atoms with E-state index in [0.717, 1.165) is 6.42 Å². The number of urea groups is 1. The van der Waals surface area contributed by atoms with Gasteiger partial charge in [0.05, 0.1) is 12.1 Å². The van der Waals surface area contributed by atoms with E-state index in [1.807, 2.05) is 5.32 Å². The predicted octanol–water partition coefficient (Wildman–Crippen LogP) is 2.65. The summed E-state index contributed by atoms with van der Waals surface area (Å²) in [5, 5.41) is 6.07. The highest BCUT2D eigenvalue weighted by atomic mass is 19.4. The number of carbonyl (C=O) groups excluding carboxylic acids is 3. The van der Waals surface area contributed by atoms with Gasteiger partial charge in [0.15, 0.2) is 0 Å². The van der Waals surface area contributed by atoms with Crippen molar-refractivity contribution in [3.63, 3.8) is 0 Å². The number of nitrogens with zero attached hydrogens (tertiary/aromatic N) is 5. The minimum absolute atomic E-state index is 0.0658. The maximum Gasteiger partial charge on any atom is 0.408 e. The Morgan fingerprint density at radius 2 is 1.92 bits per heavy atom. The van der Waals surface area contributed by atoms with Crippen molar-refractivity contribution in [2.24, 2.45) is 18.9 Å². The van der Waals surface area contributed by atoms with Crippen molar-refractivity contribution in [2.75, 3.05) is 17.7 Å². The van der Waals surface area contributed by atoms with Crippen molar-refractivity contribution in [3.05, 3.63) is 36.2 Å². The van der Waals surface area contributed by atoms with Gasteiger partial charge in [0.1, 0.15) is 23.7 Å². The fraction of sp³-hybridized carbons (Fsp3) is 0.542. The summed E-state index contributed by atoms with van der Waals surface area (Å²) in [6, 6.07) is 0.122. The smallest absolute Gasteiger partial charge is 0.384 e. The van der Waals surface area contributed by atoms with E-state index >= 15 is 0 Å². The van der Waals surface area contributed by atoms with Crippen LogP contribution in [0, 0.1) is 11.8 Å². The first-order valence-corrected chi connectivity index (χ1v) is 12.1. The highest BCUT2D eigenvalue weighted by Crippen LogP contribution is 2.37. The first-order valence-electron chi connectivity index (χ1n) is 12.1. The molecule has 10 nitrogen and oxygen atoms in total. The molecule has 0 unspecified atom stereocenters. The highest BCUT2D eigenvalue weighted by Gasteiger charge is 2.57. The predicted molar refractivity (Wildman–Crippen MR) is 128 cm³/mol. The number of amides is 4. The fourth-order valence-electron chi connectivity index (χ4n) is 5.28. The van der Waals surface area contributed by atoms with Gasteiger partial charge in [-0.25, -0.2) is 9.78 Å². The molecule has 2 aliphatic rings. The van der Waals surface area contributed by atoms with Crippen LogP contribution in [-0.2, 0) is 23.1 Å². The van der Waals surface area contributed by atoms with Crippen LogP contribution in [0.4, 0.5) is 29.6 Å². The number of pyridine rings is 1. The molecular weight excluding hydrogens is 491 g/mol. The molecule has 1 aliphatic carbocycles. The first kappa shape index (κ1) is 26.4. The average Bonchev–Trinajstić information content (AvgIpc) is 3.28. The number of nitrogens with one attached hydrogen (secondary N) is 1. The zero-order valence-corrected chi connectivity index (χ0v) is 20.6. The van der Waals surface area contributed by atoms with Crippen molar-refractivity contribution in [3.8, 4) is 0 Å². The number of aryl methyl sites for hydroxylation is 1. The second kappa shape index (κ2) is 10.4. The minimum Gasteiger partial charge on any atom is -0.384 e. The lowest BCUT2D eigenvalue weighted by Crippen LogP contribution is -2.71. The first-order chi connectivity index (χ1) is 17.5. The van der Waals surface area contributed by atoms with Gasteiger partial charge in [0.25, 0.3) is 5.91 Å². The molecule has 0 spiro atoms. The van der Waals surface area contributed by atoms with Gasteiger partial charge in [0, 0.05) is 26.4 Å². The number of hydrogen-bond donors (Lipinski definition) is 2. The van der Waals surface area contributed by atoms with E-state index in [-0.39, 0.29) is 12.2 Å². The van der Waals surface area contributed by atoms with Gasteiger partial charge in [-0.3, -0.25) is 24.1 Å². The second-order valence-corrected chi connectivity index (χ2v) is 9.63. The molecule has 3 heterocycles. The Morgan fingerprint density at radius 3 is 2.51 bits per heavy atom. The standard InChI is InChI=1S/C24H30F3N7O3/c1-32(18-9-11-30-33(18)2)22(36)19-16(12-14-8-10-29-17(28)13-14)21(35)34(19)23(37)31-20(24(25,26)27)15-6-4-3-5-7-15/h8-11,13,15-16,19-20H,3-7,12H2,1-2H3,(H2,28,29)(H,31,37)/t16-,19+,20+/m1/s1. The summed E-state index contributed by atoms with van der Waals surface area (Å²) in [7, 11) is 3.07. The molecule has 1 aliphatic heterocycles. The summed E-state index contributed by atoms with van der Waals surface area (Å²) in [6.45, 7) is 0. The molecule has 0 aromatic carbocycles. The lowest BCUT2D eigenvalue weighted by Gasteiger charge is -2.46. The summed E-state index contributed by atoms with van der Waals surface area (Å²) < 4.78 is 43.3. The van der Waals surface area contributed by atoms with Crippen LogP contribution in [0.5, 0.6) is 0 Å². The van der Waals surface area contributed by atoms with E-state index in [4.69, 9.17) is 5.73 Å². The summed E-state index contributed by atoms with van der Waals surface area (Å²) in [6.07, 6.45) is 1.09. The summed E-state index contributed by atoms with van der Waals surface area (Å²) >= 11 is 0. The van der Waals surface area contributed by atoms with Gasteiger partial charge >= 0.3 is 12.2 Å². The molecule has 13 heteroatoms. The Kier molecular flexibility index (Phi) is 7.42. The third-order valence-electron chi connectivity index (χ3n) is 7.21.